The van der Waals surface area contributed by atoms with Crippen LogP contribution in [0.4, 0.5) is 5.82 Å². The van der Waals surface area contributed by atoms with E-state index in [2.05, 4.69) is 41.0 Å². The minimum Gasteiger partial charge on any atom is -0.375 e. The van der Waals surface area contributed by atoms with Crippen LogP contribution in [0.25, 0.3) is 0 Å². The van der Waals surface area contributed by atoms with Gasteiger partial charge < -0.3 is 15.0 Å². The van der Waals surface area contributed by atoms with Crippen LogP contribution in [0.5, 0.6) is 0 Å². The van der Waals surface area contributed by atoms with Gasteiger partial charge in [-0.25, -0.2) is 4.98 Å². The zero-order valence-electron chi connectivity index (χ0n) is 12.1. The normalized spacial score (nSPS) is 20.0. The Morgan fingerprint density at radius 1 is 1.42 bits per heavy atom. The Morgan fingerprint density at radius 2 is 2.26 bits per heavy atom. The minimum atomic E-state index is 0.317. The molecule has 2 heterocycles. The zero-order valence-corrected chi connectivity index (χ0v) is 12.1. The van der Waals surface area contributed by atoms with Crippen molar-refractivity contribution < 1.29 is 4.74 Å². The Hall–Kier alpha value is -1.20. The van der Waals surface area contributed by atoms with E-state index in [0.29, 0.717) is 12.1 Å². The van der Waals surface area contributed by atoms with Gasteiger partial charge in [0.15, 0.2) is 0 Å². The Labute approximate surface area is 115 Å². The van der Waals surface area contributed by atoms with Crippen LogP contribution in [0, 0.1) is 0 Å². The first kappa shape index (κ1) is 14.2. The highest BCUT2D eigenvalue weighted by Crippen LogP contribution is 2.15. The first-order valence-corrected chi connectivity index (χ1v) is 7.10. The molecule has 0 aromatic carbocycles. The molecule has 0 amide bonds. The molecule has 1 atom stereocenters. The molecule has 0 bridgehead atoms. The van der Waals surface area contributed by atoms with E-state index in [-0.39, 0.29) is 0 Å². The molecule has 1 saturated heterocycles. The molecule has 1 N–H and O–H groups in total. The highest BCUT2D eigenvalue weighted by atomic mass is 16.5. The van der Waals surface area contributed by atoms with Gasteiger partial charge in [0.2, 0.25) is 0 Å². The lowest BCUT2D eigenvalue weighted by molar-refractivity contribution is 0.0381. The Balaban J connectivity index is 1.93. The van der Waals surface area contributed by atoms with Crippen LogP contribution >= 0.6 is 0 Å². The summed E-state index contributed by atoms with van der Waals surface area (Å²) in [6, 6.07) is 0.464. The zero-order chi connectivity index (χ0) is 13.7. The summed E-state index contributed by atoms with van der Waals surface area (Å²) < 4.78 is 5.67. The molecule has 106 valence electrons. The van der Waals surface area contributed by atoms with Crippen LogP contribution < -0.4 is 10.2 Å². The second-order valence-corrected chi connectivity index (χ2v) is 5.25. The monoisotopic (exact) mass is 264 g/mol. The molecule has 0 aliphatic carbocycles. The van der Waals surface area contributed by atoms with E-state index in [1.54, 1.807) is 0 Å². The van der Waals surface area contributed by atoms with Crippen LogP contribution in [0.1, 0.15) is 32.9 Å². The van der Waals surface area contributed by atoms with Crippen molar-refractivity contribution >= 4 is 5.82 Å². The molecule has 1 aliphatic rings. The largest absolute Gasteiger partial charge is 0.375 e. The van der Waals surface area contributed by atoms with Gasteiger partial charge >= 0.3 is 0 Å². The maximum Gasteiger partial charge on any atom is 0.147 e. The molecule has 1 aromatic rings. The second-order valence-electron chi connectivity index (χ2n) is 5.25. The number of rotatable bonds is 5. The van der Waals surface area contributed by atoms with Gasteiger partial charge in [0.25, 0.3) is 0 Å². The van der Waals surface area contributed by atoms with Gasteiger partial charge in [-0.2, -0.15) is 0 Å². The highest BCUT2D eigenvalue weighted by Gasteiger charge is 2.20. The number of hydrogen-bond acceptors (Lipinski definition) is 5. The maximum absolute atomic E-state index is 5.67. The molecule has 0 spiro atoms. The molecule has 0 saturated carbocycles. The summed E-state index contributed by atoms with van der Waals surface area (Å²) in [4.78, 5) is 11.2. The van der Waals surface area contributed by atoms with Crippen molar-refractivity contribution in [2.75, 3.05) is 24.6 Å². The van der Waals surface area contributed by atoms with E-state index in [0.717, 1.165) is 44.2 Å². The Bertz CT molecular complexity index is 380. The maximum atomic E-state index is 5.67. The van der Waals surface area contributed by atoms with Crippen molar-refractivity contribution in [2.45, 2.75) is 45.9 Å². The molecule has 5 heteroatoms. The standard InChI is InChI=1S/C14H24N4O/c1-4-13-10-18(5-6-19-13)14-9-16-12(8-17-14)7-15-11(2)3/h8-9,11,13,15H,4-7,10H2,1-3H3. The minimum absolute atomic E-state index is 0.317. The summed E-state index contributed by atoms with van der Waals surface area (Å²) in [5.41, 5.74) is 0.984. The van der Waals surface area contributed by atoms with Crippen LogP contribution in [0.15, 0.2) is 12.4 Å². The molecule has 19 heavy (non-hydrogen) atoms. The topological polar surface area (TPSA) is 50.3 Å². The third-order valence-electron chi connectivity index (χ3n) is 3.30. The quantitative estimate of drug-likeness (QED) is 0.875. The number of morpholine rings is 1. The SMILES string of the molecule is CCC1CN(c2cnc(CNC(C)C)cn2)CCO1. The number of anilines is 1. The lowest BCUT2D eigenvalue weighted by Crippen LogP contribution is -2.42. The van der Waals surface area contributed by atoms with E-state index in [9.17, 15) is 0 Å². The van der Waals surface area contributed by atoms with Crippen molar-refractivity contribution in [1.82, 2.24) is 15.3 Å². The van der Waals surface area contributed by atoms with Gasteiger partial charge in [0.1, 0.15) is 5.82 Å². The lowest BCUT2D eigenvalue weighted by Gasteiger charge is -2.33. The van der Waals surface area contributed by atoms with Gasteiger partial charge in [0, 0.05) is 25.7 Å². The van der Waals surface area contributed by atoms with Gasteiger partial charge in [-0.1, -0.05) is 20.8 Å². The fraction of sp³-hybridized carbons (Fsp3) is 0.714. The first-order chi connectivity index (χ1) is 9.19. The smallest absolute Gasteiger partial charge is 0.147 e. The summed E-state index contributed by atoms with van der Waals surface area (Å²) in [6.45, 7) is 9.76. The number of aromatic nitrogens is 2. The summed E-state index contributed by atoms with van der Waals surface area (Å²) in [7, 11) is 0. The van der Waals surface area contributed by atoms with Crippen molar-refractivity contribution in [3.8, 4) is 0 Å². The van der Waals surface area contributed by atoms with E-state index in [1.165, 1.54) is 0 Å². The van der Waals surface area contributed by atoms with Gasteiger partial charge in [-0.15, -0.1) is 0 Å². The summed E-state index contributed by atoms with van der Waals surface area (Å²) in [5, 5.41) is 3.34. The molecule has 5 nitrogen and oxygen atoms in total. The third-order valence-corrected chi connectivity index (χ3v) is 3.30. The van der Waals surface area contributed by atoms with Crippen LogP contribution in [0.3, 0.4) is 0 Å². The average Bonchev–Trinajstić information content (AvgIpc) is 2.45. The van der Waals surface area contributed by atoms with Crippen molar-refractivity contribution in [2.24, 2.45) is 0 Å². The number of ether oxygens (including phenoxy) is 1. The lowest BCUT2D eigenvalue weighted by atomic mass is 10.2. The Morgan fingerprint density at radius 3 is 2.89 bits per heavy atom. The van der Waals surface area contributed by atoms with Crippen LogP contribution in [-0.2, 0) is 11.3 Å². The number of nitrogens with zero attached hydrogens (tertiary/aromatic N) is 3. The van der Waals surface area contributed by atoms with Crippen molar-refractivity contribution in [1.29, 1.82) is 0 Å². The molecule has 1 aromatic heterocycles. The predicted octanol–water partition coefficient (Wildman–Crippen LogP) is 1.59. The number of nitrogens with one attached hydrogen (secondary N) is 1. The van der Waals surface area contributed by atoms with Gasteiger partial charge in [-0.3, -0.25) is 4.98 Å². The molecule has 0 radical (unpaired) electrons. The first-order valence-electron chi connectivity index (χ1n) is 7.10. The van der Waals surface area contributed by atoms with E-state index < -0.39 is 0 Å². The molecular weight excluding hydrogens is 240 g/mol. The van der Waals surface area contributed by atoms with E-state index >= 15 is 0 Å². The molecule has 1 unspecified atom stereocenters. The number of hydrogen-bond donors (Lipinski definition) is 1. The van der Waals surface area contributed by atoms with Crippen molar-refractivity contribution in [3.63, 3.8) is 0 Å². The van der Waals surface area contributed by atoms with Gasteiger partial charge in [0.05, 0.1) is 30.8 Å². The molecular formula is C14H24N4O. The average molecular weight is 264 g/mol. The van der Waals surface area contributed by atoms with E-state index in [1.807, 2.05) is 12.4 Å². The van der Waals surface area contributed by atoms with Crippen LogP contribution in [-0.4, -0.2) is 41.8 Å². The second kappa shape index (κ2) is 6.82. The van der Waals surface area contributed by atoms with E-state index in [4.69, 9.17) is 4.74 Å². The van der Waals surface area contributed by atoms with Crippen molar-refractivity contribution in [3.05, 3.63) is 18.1 Å². The summed E-state index contributed by atoms with van der Waals surface area (Å²) in [5.74, 6) is 0.954. The molecule has 1 aliphatic heterocycles. The predicted molar refractivity (Wildman–Crippen MR) is 76.3 cm³/mol. The Kier molecular flexibility index (Phi) is 5.10. The van der Waals surface area contributed by atoms with Gasteiger partial charge in [-0.05, 0) is 6.42 Å². The summed E-state index contributed by atoms with van der Waals surface area (Å²) >= 11 is 0. The highest BCUT2D eigenvalue weighted by molar-refractivity contribution is 5.36. The molecule has 1 fully saturated rings. The fourth-order valence-electron chi connectivity index (χ4n) is 2.09. The third kappa shape index (κ3) is 4.14. The fourth-order valence-corrected chi connectivity index (χ4v) is 2.09. The summed E-state index contributed by atoms with van der Waals surface area (Å²) in [6.07, 6.45) is 5.09. The molecule has 2 rings (SSSR count). The van der Waals surface area contributed by atoms with Crippen LogP contribution in [0.2, 0.25) is 0 Å².